The number of aryl methyl sites for hydroxylation is 1. The minimum Gasteiger partial charge on any atom is -0.508 e. The van der Waals surface area contributed by atoms with E-state index in [1.807, 2.05) is 19.2 Å². The molecule has 0 saturated heterocycles. The molecule has 0 fully saturated rings. The van der Waals surface area contributed by atoms with Gasteiger partial charge in [-0.3, -0.25) is 0 Å². The lowest BCUT2D eigenvalue weighted by molar-refractivity contribution is 0.475. The Morgan fingerprint density at radius 2 is 1.71 bits per heavy atom. The van der Waals surface area contributed by atoms with Crippen molar-refractivity contribution in [2.75, 3.05) is 11.9 Å². The van der Waals surface area contributed by atoms with Crippen LogP contribution in [0, 0.1) is 0 Å². The molecule has 0 bridgehead atoms. The van der Waals surface area contributed by atoms with E-state index in [0.29, 0.717) is 5.75 Å². The Hall–Kier alpha value is -1.96. The van der Waals surface area contributed by atoms with Crippen LogP contribution in [0.4, 0.5) is 11.4 Å². The van der Waals surface area contributed by atoms with Gasteiger partial charge < -0.3 is 10.0 Å². The smallest absolute Gasteiger partial charge is 0.115 e. The molecule has 0 aromatic heterocycles. The number of phenolic OH excluding ortho intramolecular Hbond substituents is 1. The van der Waals surface area contributed by atoms with E-state index >= 15 is 0 Å². The van der Waals surface area contributed by atoms with Gasteiger partial charge in [-0.1, -0.05) is 19.1 Å². The average Bonchev–Trinajstić information content (AvgIpc) is 2.39. The van der Waals surface area contributed by atoms with E-state index in [1.165, 1.54) is 5.56 Å². The Morgan fingerprint density at radius 1 is 1.00 bits per heavy atom. The molecule has 2 aromatic rings. The lowest BCUT2D eigenvalue weighted by atomic mass is 10.1. The first-order valence-corrected chi connectivity index (χ1v) is 5.82. The summed E-state index contributed by atoms with van der Waals surface area (Å²) < 4.78 is 0. The van der Waals surface area contributed by atoms with Gasteiger partial charge in [-0.25, -0.2) is 0 Å². The topological polar surface area (TPSA) is 23.5 Å². The van der Waals surface area contributed by atoms with E-state index in [4.69, 9.17) is 0 Å². The van der Waals surface area contributed by atoms with Crippen LogP contribution in [0.2, 0.25) is 0 Å². The number of anilines is 2. The number of rotatable bonds is 3. The van der Waals surface area contributed by atoms with Gasteiger partial charge in [-0.15, -0.1) is 0 Å². The van der Waals surface area contributed by atoms with Crippen LogP contribution in [0.15, 0.2) is 48.5 Å². The zero-order valence-electron chi connectivity index (χ0n) is 10.2. The van der Waals surface area contributed by atoms with E-state index in [1.54, 1.807) is 12.1 Å². The number of nitrogens with zero attached hydrogens (tertiary/aromatic N) is 1. The molecule has 0 heterocycles. The summed E-state index contributed by atoms with van der Waals surface area (Å²) in [7, 11) is 2.03. The zero-order valence-corrected chi connectivity index (χ0v) is 10.2. The van der Waals surface area contributed by atoms with Crippen LogP contribution in [0.5, 0.6) is 5.75 Å². The Labute approximate surface area is 102 Å². The third-order valence-electron chi connectivity index (χ3n) is 2.94. The monoisotopic (exact) mass is 227 g/mol. The molecule has 2 nitrogen and oxygen atoms in total. The van der Waals surface area contributed by atoms with Crippen molar-refractivity contribution in [2.24, 2.45) is 0 Å². The number of aromatic hydroxyl groups is 1. The highest BCUT2D eigenvalue weighted by Crippen LogP contribution is 2.25. The van der Waals surface area contributed by atoms with Crippen LogP contribution in [0.3, 0.4) is 0 Å². The molecule has 0 aliphatic heterocycles. The van der Waals surface area contributed by atoms with Crippen molar-refractivity contribution in [3.63, 3.8) is 0 Å². The van der Waals surface area contributed by atoms with Gasteiger partial charge in [0, 0.05) is 18.4 Å². The number of phenols is 1. The summed E-state index contributed by atoms with van der Waals surface area (Å²) in [5.74, 6) is 0.296. The molecule has 0 radical (unpaired) electrons. The van der Waals surface area contributed by atoms with Crippen LogP contribution in [0.1, 0.15) is 12.5 Å². The van der Waals surface area contributed by atoms with Crippen LogP contribution >= 0.6 is 0 Å². The molecule has 88 valence electrons. The molecule has 0 unspecified atom stereocenters. The van der Waals surface area contributed by atoms with Gasteiger partial charge in [-0.05, 0) is 48.4 Å². The van der Waals surface area contributed by atoms with Crippen molar-refractivity contribution < 1.29 is 5.11 Å². The molecule has 0 spiro atoms. The summed E-state index contributed by atoms with van der Waals surface area (Å²) in [6.07, 6.45) is 1.04. The van der Waals surface area contributed by atoms with Gasteiger partial charge >= 0.3 is 0 Å². The summed E-state index contributed by atoms with van der Waals surface area (Å²) in [6, 6.07) is 15.7. The molecule has 17 heavy (non-hydrogen) atoms. The zero-order chi connectivity index (χ0) is 12.3. The maximum atomic E-state index is 9.27. The first-order valence-electron chi connectivity index (χ1n) is 5.82. The fourth-order valence-electron chi connectivity index (χ4n) is 1.81. The van der Waals surface area contributed by atoms with Gasteiger partial charge in [0.15, 0.2) is 0 Å². The van der Waals surface area contributed by atoms with Crippen LogP contribution in [-0.2, 0) is 6.42 Å². The predicted molar refractivity (Wildman–Crippen MR) is 72.0 cm³/mol. The molecule has 0 saturated carbocycles. The SMILES string of the molecule is CCc1cccc(N(C)c2ccc(O)cc2)c1. The van der Waals surface area contributed by atoms with E-state index in [-0.39, 0.29) is 0 Å². The molecular weight excluding hydrogens is 210 g/mol. The van der Waals surface area contributed by atoms with Crippen molar-refractivity contribution in [1.29, 1.82) is 0 Å². The number of hydrogen-bond donors (Lipinski definition) is 1. The summed E-state index contributed by atoms with van der Waals surface area (Å²) in [5.41, 5.74) is 3.55. The molecular formula is C15H17NO. The lowest BCUT2D eigenvalue weighted by Gasteiger charge is -2.20. The normalized spacial score (nSPS) is 10.2. The number of hydrogen-bond acceptors (Lipinski definition) is 2. The molecule has 0 atom stereocenters. The lowest BCUT2D eigenvalue weighted by Crippen LogP contribution is -2.09. The summed E-state index contributed by atoms with van der Waals surface area (Å²) in [6.45, 7) is 2.15. The highest BCUT2D eigenvalue weighted by molar-refractivity contribution is 5.63. The second kappa shape index (κ2) is 4.91. The molecule has 2 aromatic carbocycles. The second-order valence-electron chi connectivity index (χ2n) is 4.10. The molecule has 2 heteroatoms. The summed E-state index contributed by atoms with van der Waals surface area (Å²) in [4.78, 5) is 2.11. The standard InChI is InChI=1S/C15H17NO/c1-3-12-5-4-6-14(11-12)16(2)13-7-9-15(17)10-8-13/h4-11,17H,3H2,1-2H3. The molecule has 0 amide bonds. The van der Waals surface area contributed by atoms with Crippen LogP contribution < -0.4 is 4.90 Å². The predicted octanol–water partition coefficient (Wildman–Crippen LogP) is 3.72. The van der Waals surface area contributed by atoms with Crippen molar-refractivity contribution in [1.82, 2.24) is 0 Å². The van der Waals surface area contributed by atoms with E-state index < -0.39 is 0 Å². The Bertz CT molecular complexity index is 491. The molecule has 0 aliphatic carbocycles. The maximum Gasteiger partial charge on any atom is 0.115 e. The first kappa shape index (κ1) is 11.5. The van der Waals surface area contributed by atoms with Crippen molar-refractivity contribution in [3.05, 3.63) is 54.1 Å². The third kappa shape index (κ3) is 2.59. The molecule has 1 N–H and O–H groups in total. The van der Waals surface area contributed by atoms with Gasteiger partial charge in [-0.2, -0.15) is 0 Å². The van der Waals surface area contributed by atoms with Crippen molar-refractivity contribution in [2.45, 2.75) is 13.3 Å². The quantitative estimate of drug-likeness (QED) is 0.863. The second-order valence-corrected chi connectivity index (χ2v) is 4.10. The van der Waals surface area contributed by atoms with Gasteiger partial charge in [0.25, 0.3) is 0 Å². The minimum absolute atomic E-state index is 0.296. The maximum absolute atomic E-state index is 9.27. The first-order chi connectivity index (χ1) is 8.20. The van der Waals surface area contributed by atoms with Gasteiger partial charge in [0.2, 0.25) is 0 Å². The van der Waals surface area contributed by atoms with E-state index in [2.05, 4.69) is 36.1 Å². The van der Waals surface area contributed by atoms with Gasteiger partial charge in [0.1, 0.15) is 5.75 Å². The highest BCUT2D eigenvalue weighted by atomic mass is 16.3. The van der Waals surface area contributed by atoms with Crippen LogP contribution in [0.25, 0.3) is 0 Å². The fraction of sp³-hybridized carbons (Fsp3) is 0.200. The summed E-state index contributed by atoms with van der Waals surface area (Å²) >= 11 is 0. The number of benzene rings is 2. The van der Waals surface area contributed by atoms with Crippen molar-refractivity contribution >= 4 is 11.4 Å². The third-order valence-corrected chi connectivity index (χ3v) is 2.94. The Morgan fingerprint density at radius 3 is 2.35 bits per heavy atom. The molecule has 2 rings (SSSR count). The van der Waals surface area contributed by atoms with E-state index in [9.17, 15) is 5.11 Å². The average molecular weight is 227 g/mol. The summed E-state index contributed by atoms with van der Waals surface area (Å²) in [5, 5.41) is 9.27. The molecule has 0 aliphatic rings. The highest BCUT2D eigenvalue weighted by Gasteiger charge is 2.04. The van der Waals surface area contributed by atoms with E-state index in [0.717, 1.165) is 17.8 Å². The largest absolute Gasteiger partial charge is 0.508 e. The Kier molecular flexibility index (Phi) is 3.33. The van der Waals surface area contributed by atoms with Crippen molar-refractivity contribution in [3.8, 4) is 5.75 Å². The fourth-order valence-corrected chi connectivity index (χ4v) is 1.81. The Balaban J connectivity index is 2.29. The van der Waals surface area contributed by atoms with Gasteiger partial charge in [0.05, 0.1) is 0 Å². The van der Waals surface area contributed by atoms with Crippen LogP contribution in [-0.4, -0.2) is 12.2 Å². The minimum atomic E-state index is 0.296.